The summed E-state index contributed by atoms with van der Waals surface area (Å²) in [6, 6.07) is 16.6. The number of aromatic nitrogens is 1. The predicted octanol–water partition coefficient (Wildman–Crippen LogP) is 3.76. The quantitative estimate of drug-likeness (QED) is 0.913. The van der Waals surface area contributed by atoms with Crippen molar-refractivity contribution < 1.29 is 0 Å². The zero-order chi connectivity index (χ0) is 13.9. The summed E-state index contributed by atoms with van der Waals surface area (Å²) >= 11 is 0. The van der Waals surface area contributed by atoms with Crippen LogP contribution in [-0.2, 0) is 0 Å². The second kappa shape index (κ2) is 5.34. The Hall–Kier alpha value is -2.34. The number of nitrogens with zero attached hydrogens (tertiary/aromatic N) is 2. The van der Waals surface area contributed by atoms with Gasteiger partial charge in [0.1, 0.15) is 11.9 Å². The van der Waals surface area contributed by atoms with Crippen molar-refractivity contribution in [2.75, 3.05) is 5.32 Å². The van der Waals surface area contributed by atoms with Crippen molar-refractivity contribution in [1.82, 2.24) is 4.98 Å². The molecule has 1 saturated carbocycles. The molecule has 3 unspecified atom stereocenters. The van der Waals surface area contributed by atoms with Gasteiger partial charge in [0, 0.05) is 6.20 Å². The van der Waals surface area contributed by atoms with Gasteiger partial charge in [-0.1, -0.05) is 37.3 Å². The van der Waals surface area contributed by atoms with Crippen molar-refractivity contribution in [3.8, 4) is 6.07 Å². The molecule has 3 nitrogen and oxygen atoms in total. The van der Waals surface area contributed by atoms with E-state index in [-0.39, 0.29) is 0 Å². The van der Waals surface area contributed by atoms with E-state index in [2.05, 4.69) is 47.6 Å². The number of rotatable bonds is 4. The molecule has 0 bridgehead atoms. The summed E-state index contributed by atoms with van der Waals surface area (Å²) in [6.45, 7) is 2.29. The Morgan fingerprint density at radius 2 is 2.00 bits per heavy atom. The molecular formula is C17H17N3. The summed E-state index contributed by atoms with van der Waals surface area (Å²) in [6.07, 6.45) is 2.86. The van der Waals surface area contributed by atoms with E-state index in [1.807, 2.05) is 12.1 Å². The minimum Gasteiger partial charge on any atom is -0.363 e. The molecule has 0 saturated heterocycles. The number of nitrogens with one attached hydrogen (secondary N) is 1. The van der Waals surface area contributed by atoms with Crippen LogP contribution < -0.4 is 5.32 Å². The van der Waals surface area contributed by atoms with E-state index in [1.165, 1.54) is 12.0 Å². The maximum Gasteiger partial charge on any atom is 0.126 e. The Bertz CT molecular complexity index is 613. The molecule has 1 aromatic heterocycles. The average Bonchev–Trinajstić information content (AvgIpc) is 3.23. The van der Waals surface area contributed by atoms with Gasteiger partial charge in [-0.2, -0.15) is 5.26 Å². The highest BCUT2D eigenvalue weighted by Crippen LogP contribution is 2.48. The molecule has 100 valence electrons. The van der Waals surface area contributed by atoms with Gasteiger partial charge in [0.15, 0.2) is 0 Å². The highest BCUT2D eigenvalue weighted by atomic mass is 15.0. The van der Waals surface area contributed by atoms with Crippen LogP contribution in [0, 0.1) is 23.2 Å². The van der Waals surface area contributed by atoms with Crippen LogP contribution in [0.25, 0.3) is 0 Å². The van der Waals surface area contributed by atoms with Crippen LogP contribution in [0.3, 0.4) is 0 Å². The second-order valence-electron chi connectivity index (χ2n) is 5.45. The molecular weight excluding hydrogens is 246 g/mol. The van der Waals surface area contributed by atoms with Gasteiger partial charge in [-0.15, -0.1) is 0 Å². The van der Waals surface area contributed by atoms with E-state index in [0.29, 0.717) is 17.5 Å². The van der Waals surface area contributed by atoms with Gasteiger partial charge in [0.2, 0.25) is 0 Å². The van der Waals surface area contributed by atoms with E-state index in [9.17, 15) is 0 Å². The molecule has 0 spiro atoms. The minimum absolute atomic E-state index is 0.298. The van der Waals surface area contributed by atoms with Crippen LogP contribution in [0.15, 0.2) is 48.7 Å². The zero-order valence-electron chi connectivity index (χ0n) is 11.5. The average molecular weight is 263 g/mol. The Morgan fingerprint density at radius 3 is 2.55 bits per heavy atom. The van der Waals surface area contributed by atoms with E-state index in [0.717, 1.165) is 11.7 Å². The summed E-state index contributed by atoms with van der Waals surface area (Å²) in [4.78, 5) is 4.32. The highest BCUT2D eigenvalue weighted by Gasteiger charge is 2.40. The van der Waals surface area contributed by atoms with Gasteiger partial charge in [-0.25, -0.2) is 4.98 Å². The zero-order valence-corrected chi connectivity index (χ0v) is 11.5. The highest BCUT2D eigenvalue weighted by molar-refractivity contribution is 5.42. The van der Waals surface area contributed by atoms with E-state index < -0.39 is 0 Å². The van der Waals surface area contributed by atoms with Gasteiger partial charge in [0.05, 0.1) is 11.6 Å². The maximum atomic E-state index is 8.81. The number of anilines is 1. The van der Waals surface area contributed by atoms with Crippen LogP contribution in [0.1, 0.15) is 30.5 Å². The smallest absolute Gasteiger partial charge is 0.126 e. The Labute approximate surface area is 119 Å². The number of pyridine rings is 1. The van der Waals surface area contributed by atoms with Crippen molar-refractivity contribution in [2.24, 2.45) is 11.8 Å². The minimum atomic E-state index is 0.298. The summed E-state index contributed by atoms with van der Waals surface area (Å²) in [7, 11) is 0. The summed E-state index contributed by atoms with van der Waals surface area (Å²) in [5.41, 5.74) is 1.89. The van der Waals surface area contributed by atoms with E-state index >= 15 is 0 Å². The topological polar surface area (TPSA) is 48.7 Å². The van der Waals surface area contributed by atoms with Crippen molar-refractivity contribution in [1.29, 1.82) is 5.26 Å². The summed E-state index contributed by atoms with van der Waals surface area (Å²) in [5.74, 6) is 2.25. The lowest BCUT2D eigenvalue weighted by molar-refractivity contribution is 0.629. The molecule has 0 aliphatic heterocycles. The molecule has 1 N–H and O–H groups in total. The fourth-order valence-corrected chi connectivity index (χ4v) is 2.62. The first kappa shape index (κ1) is 12.7. The lowest BCUT2D eigenvalue weighted by Gasteiger charge is -2.20. The lowest BCUT2D eigenvalue weighted by Crippen LogP contribution is -2.14. The fraction of sp³-hybridized carbons (Fsp3) is 0.294. The number of nitriles is 1. The van der Waals surface area contributed by atoms with Gasteiger partial charge in [-0.3, -0.25) is 0 Å². The molecule has 1 fully saturated rings. The molecule has 1 heterocycles. The van der Waals surface area contributed by atoms with Crippen molar-refractivity contribution in [2.45, 2.75) is 19.4 Å². The van der Waals surface area contributed by atoms with Crippen molar-refractivity contribution in [3.05, 3.63) is 59.8 Å². The third kappa shape index (κ3) is 2.65. The molecule has 3 rings (SSSR count). The third-order valence-electron chi connectivity index (χ3n) is 3.95. The monoisotopic (exact) mass is 263 g/mol. The largest absolute Gasteiger partial charge is 0.363 e. The van der Waals surface area contributed by atoms with Gasteiger partial charge < -0.3 is 5.32 Å². The maximum absolute atomic E-state index is 8.81. The van der Waals surface area contributed by atoms with Gasteiger partial charge in [-0.05, 0) is 36.0 Å². The first-order valence-electron chi connectivity index (χ1n) is 6.95. The van der Waals surface area contributed by atoms with Crippen LogP contribution in [0.2, 0.25) is 0 Å². The SMILES string of the molecule is CC1CC1C(Nc1ccc(C#N)cn1)c1ccccc1. The van der Waals surface area contributed by atoms with Crippen molar-refractivity contribution in [3.63, 3.8) is 0 Å². The van der Waals surface area contributed by atoms with Crippen LogP contribution in [0.4, 0.5) is 5.82 Å². The molecule has 0 amide bonds. The lowest BCUT2D eigenvalue weighted by atomic mass is 10.0. The molecule has 0 radical (unpaired) electrons. The molecule has 1 aromatic carbocycles. The normalized spacial score (nSPS) is 21.8. The number of benzene rings is 1. The predicted molar refractivity (Wildman–Crippen MR) is 79.0 cm³/mol. The number of hydrogen-bond acceptors (Lipinski definition) is 3. The Kier molecular flexibility index (Phi) is 3.39. The molecule has 1 aliphatic carbocycles. The van der Waals surface area contributed by atoms with Crippen LogP contribution in [-0.4, -0.2) is 4.98 Å². The first-order chi connectivity index (χ1) is 9.78. The molecule has 20 heavy (non-hydrogen) atoms. The number of hydrogen-bond donors (Lipinski definition) is 1. The molecule has 2 aromatic rings. The Morgan fingerprint density at radius 1 is 1.25 bits per heavy atom. The standard InChI is InChI=1S/C17H17N3/c1-12-9-15(12)17(14-5-3-2-4-6-14)20-16-8-7-13(10-18)11-19-16/h2-8,11-12,15,17H,9H2,1H3,(H,19,20). The fourth-order valence-electron chi connectivity index (χ4n) is 2.62. The van der Waals surface area contributed by atoms with Gasteiger partial charge >= 0.3 is 0 Å². The van der Waals surface area contributed by atoms with E-state index in [4.69, 9.17) is 5.26 Å². The molecule has 1 aliphatic rings. The first-order valence-corrected chi connectivity index (χ1v) is 6.95. The van der Waals surface area contributed by atoms with E-state index in [1.54, 1.807) is 12.3 Å². The Balaban J connectivity index is 1.82. The molecule has 3 heteroatoms. The summed E-state index contributed by atoms with van der Waals surface area (Å²) < 4.78 is 0. The summed E-state index contributed by atoms with van der Waals surface area (Å²) in [5, 5.41) is 12.3. The molecule has 3 atom stereocenters. The second-order valence-corrected chi connectivity index (χ2v) is 5.45. The third-order valence-corrected chi connectivity index (χ3v) is 3.95. The van der Waals surface area contributed by atoms with Crippen LogP contribution >= 0.6 is 0 Å². The van der Waals surface area contributed by atoms with Crippen molar-refractivity contribution >= 4 is 5.82 Å². The van der Waals surface area contributed by atoms with Crippen LogP contribution in [0.5, 0.6) is 0 Å². The van der Waals surface area contributed by atoms with Gasteiger partial charge in [0.25, 0.3) is 0 Å².